The monoisotopic (exact) mass is 452 g/mol. The van der Waals surface area contributed by atoms with Crippen molar-refractivity contribution in [2.75, 3.05) is 20.8 Å². The molecule has 3 heterocycles. The number of allylic oxidation sites excluding steroid dienone is 2. The molecule has 1 N–H and O–H groups in total. The summed E-state index contributed by atoms with van der Waals surface area (Å²) < 4.78 is 46.7. The molecule has 1 unspecified atom stereocenters. The van der Waals surface area contributed by atoms with E-state index < -0.39 is 23.8 Å². The maximum atomic E-state index is 14.6. The Morgan fingerprint density at radius 1 is 1.24 bits per heavy atom. The van der Waals surface area contributed by atoms with Gasteiger partial charge in [0.25, 0.3) is 0 Å². The number of nitrogens with one attached hydrogen (secondary N) is 1. The molecule has 1 aromatic heterocycles. The Morgan fingerprint density at radius 2 is 2.09 bits per heavy atom. The van der Waals surface area contributed by atoms with Crippen molar-refractivity contribution < 1.29 is 27.8 Å². The average Bonchev–Trinajstić information content (AvgIpc) is 3.41. The fourth-order valence-corrected chi connectivity index (χ4v) is 4.50. The van der Waals surface area contributed by atoms with Gasteiger partial charge in [0.05, 0.1) is 25.8 Å². The molecule has 2 aromatic carbocycles. The number of aromatic nitrogens is 1. The molecule has 0 amide bonds. The normalized spacial score (nSPS) is 16.8. The van der Waals surface area contributed by atoms with Crippen molar-refractivity contribution in [1.82, 2.24) is 9.88 Å². The summed E-state index contributed by atoms with van der Waals surface area (Å²) >= 11 is 0. The van der Waals surface area contributed by atoms with E-state index in [4.69, 9.17) is 14.2 Å². The fourth-order valence-electron chi connectivity index (χ4n) is 4.50. The number of methoxy groups -OCH3 is 2. The molecule has 8 heteroatoms. The lowest BCUT2D eigenvalue weighted by atomic mass is 9.97. The summed E-state index contributed by atoms with van der Waals surface area (Å²) in [6.45, 7) is 0.506. The Bertz CT molecular complexity index is 1330. The lowest BCUT2D eigenvalue weighted by molar-refractivity contribution is 0.0588. The number of fused-ring (bicyclic) bond motifs is 2. The number of nitrogens with zero attached hydrogens (tertiary/aromatic N) is 1. The fraction of sp³-hybridized carbons (Fsp3) is 0.240. The van der Waals surface area contributed by atoms with Crippen LogP contribution in [-0.4, -0.2) is 37.6 Å². The summed E-state index contributed by atoms with van der Waals surface area (Å²) in [5, 5.41) is 3.86. The minimum absolute atomic E-state index is 0.0572. The highest BCUT2D eigenvalue weighted by Crippen LogP contribution is 2.40. The average molecular weight is 452 g/mol. The van der Waals surface area contributed by atoms with E-state index in [2.05, 4.69) is 5.32 Å². The molecular weight excluding hydrogens is 430 g/mol. The van der Waals surface area contributed by atoms with Crippen LogP contribution < -0.4 is 10.1 Å². The molecule has 170 valence electrons. The summed E-state index contributed by atoms with van der Waals surface area (Å²) in [7, 11) is 2.85. The van der Waals surface area contributed by atoms with Crippen LogP contribution >= 0.6 is 0 Å². The summed E-state index contributed by atoms with van der Waals surface area (Å²) in [4.78, 5) is 13.1. The van der Waals surface area contributed by atoms with Gasteiger partial charge in [0.2, 0.25) is 0 Å². The minimum Gasteiger partial charge on any atom is -0.493 e. The van der Waals surface area contributed by atoms with Gasteiger partial charge in [-0.2, -0.15) is 0 Å². The predicted octanol–water partition coefficient (Wildman–Crippen LogP) is 4.16. The molecule has 0 fully saturated rings. The Labute approximate surface area is 189 Å². The highest BCUT2D eigenvalue weighted by molar-refractivity contribution is 6.07. The van der Waals surface area contributed by atoms with Crippen LogP contribution in [0, 0.1) is 11.6 Å². The molecule has 0 bridgehead atoms. The molecule has 33 heavy (non-hydrogen) atoms. The van der Waals surface area contributed by atoms with Gasteiger partial charge in [-0.25, -0.2) is 13.6 Å². The number of halogens is 2. The Morgan fingerprint density at radius 3 is 2.88 bits per heavy atom. The molecule has 0 saturated heterocycles. The van der Waals surface area contributed by atoms with Crippen LogP contribution in [0.4, 0.5) is 8.78 Å². The largest absolute Gasteiger partial charge is 0.493 e. The third-order valence-corrected chi connectivity index (χ3v) is 6.02. The van der Waals surface area contributed by atoms with Gasteiger partial charge in [0.1, 0.15) is 23.1 Å². The second-order valence-electron chi connectivity index (χ2n) is 7.88. The van der Waals surface area contributed by atoms with E-state index in [0.29, 0.717) is 23.3 Å². The molecule has 0 radical (unpaired) electrons. The third-order valence-electron chi connectivity index (χ3n) is 6.02. The quantitative estimate of drug-likeness (QED) is 0.589. The van der Waals surface area contributed by atoms with Crippen LogP contribution in [0.25, 0.3) is 16.5 Å². The number of hydrogen-bond donors (Lipinski definition) is 1. The highest BCUT2D eigenvalue weighted by atomic mass is 19.1. The zero-order valence-corrected chi connectivity index (χ0v) is 18.2. The second kappa shape index (κ2) is 8.37. The SMILES string of the molecule is COC(=O)c1c(C2=CC=CNC2OC)c2cc3c(cc2n1Cc1cc(F)ccc1F)CCO3. The number of carbonyl (C=O) groups is 1. The molecule has 2 aliphatic rings. The van der Waals surface area contributed by atoms with Crippen molar-refractivity contribution in [2.45, 2.75) is 19.2 Å². The summed E-state index contributed by atoms with van der Waals surface area (Å²) in [6, 6.07) is 7.13. The Hall–Kier alpha value is -3.65. The number of carbonyl (C=O) groups excluding carboxylic acids is 1. The minimum atomic E-state index is -0.593. The van der Waals surface area contributed by atoms with Gasteiger partial charge in [-0.15, -0.1) is 0 Å². The van der Waals surface area contributed by atoms with Crippen molar-refractivity contribution in [2.24, 2.45) is 0 Å². The Balaban J connectivity index is 1.83. The number of rotatable bonds is 5. The van der Waals surface area contributed by atoms with E-state index in [9.17, 15) is 13.6 Å². The topological polar surface area (TPSA) is 61.7 Å². The van der Waals surface area contributed by atoms with E-state index in [-0.39, 0.29) is 17.8 Å². The van der Waals surface area contributed by atoms with E-state index >= 15 is 0 Å². The third kappa shape index (κ3) is 3.56. The van der Waals surface area contributed by atoms with Crippen LogP contribution in [0.15, 0.2) is 48.7 Å². The van der Waals surface area contributed by atoms with Crippen LogP contribution in [0.2, 0.25) is 0 Å². The number of dihydropyridines is 1. The van der Waals surface area contributed by atoms with E-state index in [1.54, 1.807) is 17.9 Å². The first-order valence-corrected chi connectivity index (χ1v) is 10.5. The van der Waals surface area contributed by atoms with Crippen molar-refractivity contribution in [1.29, 1.82) is 0 Å². The van der Waals surface area contributed by atoms with Crippen molar-refractivity contribution in [3.05, 3.63) is 82.7 Å². The first-order valence-electron chi connectivity index (χ1n) is 10.5. The molecule has 0 aliphatic carbocycles. The van der Waals surface area contributed by atoms with Crippen molar-refractivity contribution >= 4 is 22.4 Å². The second-order valence-corrected chi connectivity index (χ2v) is 7.88. The van der Waals surface area contributed by atoms with E-state index in [1.807, 2.05) is 24.3 Å². The van der Waals surface area contributed by atoms with Gasteiger partial charge in [-0.05, 0) is 48.2 Å². The standard InChI is InChI=1S/C25H22F2N2O4/c1-31-24-17(4-3-8-28-24)22-18-12-21-14(7-9-33-21)11-20(18)29(23(22)25(30)32-2)13-15-10-16(26)5-6-19(15)27/h3-6,8,10-12,24,28H,7,9,13H2,1-2H3. The number of ether oxygens (including phenoxy) is 3. The molecule has 0 spiro atoms. The number of benzene rings is 2. The van der Waals surface area contributed by atoms with Crippen LogP contribution in [0.5, 0.6) is 5.75 Å². The van der Waals surface area contributed by atoms with Crippen molar-refractivity contribution in [3.63, 3.8) is 0 Å². The molecule has 0 saturated carbocycles. The Kier molecular flexibility index (Phi) is 5.38. The number of hydrogen-bond acceptors (Lipinski definition) is 5. The zero-order valence-electron chi connectivity index (χ0n) is 18.2. The van der Waals surface area contributed by atoms with Gasteiger partial charge >= 0.3 is 5.97 Å². The van der Waals surface area contributed by atoms with Gasteiger partial charge in [0, 0.05) is 35.6 Å². The van der Waals surface area contributed by atoms with Gasteiger partial charge in [0.15, 0.2) is 6.23 Å². The van der Waals surface area contributed by atoms with E-state index in [0.717, 1.165) is 41.3 Å². The summed E-state index contributed by atoms with van der Waals surface area (Å²) in [6.07, 6.45) is 5.62. The lowest BCUT2D eigenvalue weighted by Gasteiger charge is -2.22. The molecule has 1 atom stereocenters. The number of esters is 1. The molecule has 3 aromatic rings. The highest BCUT2D eigenvalue weighted by Gasteiger charge is 2.31. The predicted molar refractivity (Wildman–Crippen MR) is 119 cm³/mol. The summed E-state index contributed by atoms with van der Waals surface area (Å²) in [5.41, 5.74) is 3.34. The maximum absolute atomic E-state index is 14.6. The van der Waals surface area contributed by atoms with Gasteiger partial charge in [-0.3, -0.25) is 0 Å². The molecular formula is C25H22F2N2O4. The zero-order chi connectivity index (χ0) is 23.1. The van der Waals surface area contributed by atoms with Crippen LogP contribution in [0.3, 0.4) is 0 Å². The lowest BCUT2D eigenvalue weighted by Crippen LogP contribution is -2.30. The molecule has 5 rings (SSSR count). The smallest absolute Gasteiger partial charge is 0.355 e. The van der Waals surface area contributed by atoms with Gasteiger partial charge in [-0.1, -0.05) is 6.08 Å². The van der Waals surface area contributed by atoms with Crippen molar-refractivity contribution in [3.8, 4) is 5.75 Å². The summed E-state index contributed by atoms with van der Waals surface area (Å²) in [5.74, 6) is -0.968. The van der Waals surface area contributed by atoms with Crippen LogP contribution in [-0.2, 0) is 22.4 Å². The van der Waals surface area contributed by atoms with Crippen LogP contribution in [0.1, 0.15) is 27.2 Å². The first-order chi connectivity index (χ1) is 16.0. The maximum Gasteiger partial charge on any atom is 0.355 e. The van der Waals surface area contributed by atoms with E-state index in [1.165, 1.54) is 7.11 Å². The van der Waals surface area contributed by atoms with Gasteiger partial charge < -0.3 is 24.1 Å². The molecule has 6 nitrogen and oxygen atoms in total. The first kappa shape index (κ1) is 21.2. The molecule has 2 aliphatic heterocycles.